The third-order valence-corrected chi connectivity index (χ3v) is 26.8. The largest absolute Gasteiger partial charge is 0.459 e. The molecule has 19 aromatic carbocycles. The van der Waals surface area contributed by atoms with E-state index in [1.54, 1.807) is 0 Å². The number of rotatable bonds is 12. The van der Waals surface area contributed by atoms with E-state index in [1.165, 1.54) is 0 Å². The van der Waals surface area contributed by atoms with Gasteiger partial charge in [0.1, 0.15) is 46.0 Å². The quantitative estimate of drug-likeness (QED) is 0.114. The average molecular weight is 1620 g/mol. The van der Waals surface area contributed by atoms with E-state index in [4.69, 9.17) is 18.9 Å². The van der Waals surface area contributed by atoms with Crippen LogP contribution in [0.5, 0.6) is 46.0 Å². The maximum Gasteiger partial charge on any atom is 0.261 e. The van der Waals surface area contributed by atoms with Gasteiger partial charge in [-0.3, -0.25) is 0 Å². The predicted octanol–water partition coefficient (Wildman–Crippen LogP) is 25.2. The molecule has 0 atom stereocenters. The lowest BCUT2D eigenvalue weighted by Gasteiger charge is -2.49. The Bertz CT molecular complexity index is 7090. The lowest BCUT2D eigenvalue weighted by Crippen LogP contribution is -2.67. The topological polar surface area (TPSA) is 43.4 Å². The molecule has 0 bridgehead atoms. The third kappa shape index (κ3) is 12.1. The molecule has 0 unspecified atom stereocenters. The number of anilines is 6. The molecule has 19 aromatic rings. The van der Waals surface area contributed by atoms with Crippen LogP contribution in [0.3, 0.4) is 0 Å². The molecule has 0 aliphatic carbocycles. The smallest absolute Gasteiger partial charge is 0.261 e. The summed E-state index contributed by atoms with van der Waals surface area (Å²) in [5, 5.41) is 0. The summed E-state index contributed by atoms with van der Waals surface area (Å²) in [6, 6.07) is 156. The van der Waals surface area contributed by atoms with Crippen molar-refractivity contribution in [3.05, 3.63) is 430 Å². The molecule has 0 saturated carbocycles. The van der Waals surface area contributed by atoms with Gasteiger partial charge in [0.2, 0.25) is 0 Å². The van der Waals surface area contributed by atoms with E-state index in [-0.39, 0.29) is 13.4 Å². The molecule has 0 N–H and O–H groups in total. The van der Waals surface area contributed by atoms with E-state index in [1.807, 2.05) is 0 Å². The standard InChI is InChI=1S/C118H79B3N2O4/c1-118(2,3)90-70-99-109-100(71-90)123(115-93(82-50-30-12-31-51-82)64-89(79-44-24-9-25-45-79)65-94(115)83-52-32-13-33-53-83)102-73-108-113-117(127-104-61-57-85(75-36-16-5-17-37-75)67-98(104)120(113)96-59-55-87(69-106(96)125-108)77-40-20-7-21-41-77)111(102)121(109)110-101(122(99)114-91(80-46-26-10-27-47-80)62-88(78-42-22-8-23-43-78)63-92(114)81-48-28-11-29-49-81)72-107-112-116(110)126-103-60-56-84(74-34-14-4-15-35-74)66-97(103)119(112)95-58-54-86(68-105(95)124-107)76-38-18-6-19-39-76/h4-73H,1-3H3. The van der Waals surface area contributed by atoms with Crippen LogP contribution in [0.1, 0.15) is 26.3 Å². The molecule has 25 rings (SSSR count). The van der Waals surface area contributed by atoms with Crippen molar-refractivity contribution in [1.29, 1.82) is 0 Å². The van der Waals surface area contributed by atoms with E-state index >= 15 is 0 Å². The summed E-state index contributed by atoms with van der Waals surface area (Å²) < 4.78 is 32.7. The van der Waals surface area contributed by atoms with Gasteiger partial charge in [-0.05, 0) is 199 Å². The van der Waals surface area contributed by atoms with Gasteiger partial charge < -0.3 is 28.7 Å². The van der Waals surface area contributed by atoms with Gasteiger partial charge in [0, 0.05) is 68.1 Å². The van der Waals surface area contributed by atoms with Gasteiger partial charge in [-0.2, -0.15) is 0 Å². The Morgan fingerprint density at radius 2 is 0.457 bits per heavy atom. The molecule has 0 amide bonds. The highest BCUT2D eigenvalue weighted by atomic mass is 16.5. The van der Waals surface area contributed by atoms with Crippen molar-refractivity contribution >= 4 is 103 Å². The first-order chi connectivity index (χ1) is 62.6. The van der Waals surface area contributed by atoms with E-state index in [0.717, 1.165) is 235 Å². The van der Waals surface area contributed by atoms with Crippen LogP contribution in [0.4, 0.5) is 34.1 Å². The normalized spacial score (nSPS) is 13.0. The van der Waals surface area contributed by atoms with Gasteiger partial charge in [0.15, 0.2) is 0 Å². The summed E-state index contributed by atoms with van der Waals surface area (Å²) in [5.41, 5.74) is 37.0. The zero-order valence-corrected chi connectivity index (χ0v) is 70.2. The lowest BCUT2D eigenvalue weighted by atomic mass is 9.28. The van der Waals surface area contributed by atoms with Gasteiger partial charge in [0.05, 0.1) is 11.4 Å². The first-order valence-corrected chi connectivity index (χ1v) is 44.0. The van der Waals surface area contributed by atoms with Crippen molar-refractivity contribution in [2.45, 2.75) is 26.2 Å². The second-order valence-electron chi connectivity index (χ2n) is 35.2. The van der Waals surface area contributed by atoms with Crippen LogP contribution in [0.15, 0.2) is 425 Å². The lowest BCUT2D eigenvalue weighted by molar-refractivity contribution is 0.467. The molecule has 6 heterocycles. The minimum atomic E-state index is -0.676. The van der Waals surface area contributed by atoms with Crippen LogP contribution in [0, 0.1) is 0 Å². The molecule has 6 aliphatic rings. The van der Waals surface area contributed by atoms with Crippen LogP contribution in [0.25, 0.3) is 111 Å². The molecule has 9 heteroatoms. The van der Waals surface area contributed by atoms with Crippen LogP contribution in [0.2, 0.25) is 0 Å². The minimum Gasteiger partial charge on any atom is -0.459 e. The fourth-order valence-electron chi connectivity index (χ4n) is 20.9. The molecule has 6 aliphatic heterocycles. The Hall–Kier alpha value is -15.8. The highest BCUT2D eigenvalue weighted by Gasteiger charge is 2.55. The molecule has 0 spiro atoms. The average Bonchev–Trinajstić information content (AvgIpc) is 0.665. The summed E-state index contributed by atoms with van der Waals surface area (Å²) >= 11 is 0. The SMILES string of the molecule is CC(C)(C)c1cc2c3c(c1)N(c1c(-c4ccccc4)cc(-c4ccccc4)cc1-c1ccccc1)c1cc4c5c(c1B3c1c(cc3c6c1Oc1ccc(-c7ccccc7)cc1B6c1ccc(-c6ccccc6)cc1O3)N2c1c(-c2ccccc2)cc(-c2ccccc2)cc1-c1ccccc1)Oc1ccc(-c2ccccc2)cc1B5c1ccc(-c2ccccc2)cc1O4. The Balaban J connectivity index is 0.875. The van der Waals surface area contributed by atoms with Crippen LogP contribution in [-0.4, -0.2) is 20.1 Å². The minimum absolute atomic E-state index is 0.387. The molecular weight excluding hydrogens is 1540 g/mol. The highest BCUT2D eigenvalue weighted by Crippen LogP contribution is 2.58. The maximum atomic E-state index is 8.38. The number of nitrogens with zero attached hydrogens (tertiary/aromatic N) is 2. The molecular formula is C118H79B3N2O4. The van der Waals surface area contributed by atoms with Crippen molar-refractivity contribution in [3.63, 3.8) is 0 Å². The van der Waals surface area contributed by atoms with Gasteiger partial charge in [0.25, 0.3) is 20.1 Å². The van der Waals surface area contributed by atoms with E-state index < -0.39 is 12.1 Å². The Morgan fingerprint density at radius 1 is 0.189 bits per heavy atom. The summed E-state index contributed by atoms with van der Waals surface area (Å²) in [5.74, 6) is 5.97. The zero-order valence-electron chi connectivity index (χ0n) is 70.2. The number of hydrogen-bond donors (Lipinski definition) is 0. The van der Waals surface area contributed by atoms with Crippen molar-refractivity contribution in [3.8, 4) is 157 Å². The van der Waals surface area contributed by atoms with E-state index in [9.17, 15) is 0 Å². The molecule has 127 heavy (non-hydrogen) atoms. The van der Waals surface area contributed by atoms with Gasteiger partial charge in [-0.25, -0.2) is 0 Å². The monoisotopic (exact) mass is 1620 g/mol. The summed E-state index contributed by atoms with van der Waals surface area (Å²) in [6.45, 7) is 5.66. The van der Waals surface area contributed by atoms with Crippen LogP contribution >= 0.6 is 0 Å². The van der Waals surface area contributed by atoms with Gasteiger partial charge in [-0.1, -0.05) is 373 Å². The van der Waals surface area contributed by atoms with E-state index in [0.29, 0.717) is 11.5 Å². The predicted molar refractivity (Wildman–Crippen MR) is 529 cm³/mol. The van der Waals surface area contributed by atoms with Crippen molar-refractivity contribution < 1.29 is 18.9 Å². The van der Waals surface area contributed by atoms with Gasteiger partial charge in [-0.15, -0.1) is 0 Å². The van der Waals surface area contributed by atoms with Crippen molar-refractivity contribution in [2.24, 2.45) is 0 Å². The summed E-state index contributed by atoms with van der Waals surface area (Å²) in [7, 11) is 0. The fourth-order valence-corrected chi connectivity index (χ4v) is 20.9. The second kappa shape index (κ2) is 29.4. The maximum absolute atomic E-state index is 8.38. The Kier molecular flexibility index (Phi) is 17.1. The Morgan fingerprint density at radius 3 is 0.756 bits per heavy atom. The number of hydrogen-bond acceptors (Lipinski definition) is 6. The van der Waals surface area contributed by atoms with Crippen molar-refractivity contribution in [2.75, 3.05) is 9.80 Å². The summed E-state index contributed by atoms with van der Waals surface area (Å²) in [4.78, 5) is 5.30. The second-order valence-corrected chi connectivity index (χ2v) is 35.2. The zero-order chi connectivity index (χ0) is 84.1. The first-order valence-electron chi connectivity index (χ1n) is 44.0. The van der Waals surface area contributed by atoms with Gasteiger partial charge >= 0.3 is 0 Å². The van der Waals surface area contributed by atoms with E-state index in [2.05, 4.69) is 455 Å². The molecule has 0 saturated heterocycles. The van der Waals surface area contributed by atoms with Crippen LogP contribution < -0.4 is 77.9 Å². The number of benzene rings is 19. The number of fused-ring (bicyclic) bond motifs is 14. The molecule has 0 radical (unpaired) electrons. The number of ether oxygens (including phenoxy) is 4. The molecule has 0 fully saturated rings. The fraction of sp³-hybridized carbons (Fsp3) is 0.0339. The highest BCUT2D eigenvalue weighted by molar-refractivity contribution is 7.05. The van der Waals surface area contributed by atoms with Crippen LogP contribution in [-0.2, 0) is 5.41 Å². The Labute approximate surface area is 740 Å². The van der Waals surface area contributed by atoms with Crippen molar-refractivity contribution in [1.82, 2.24) is 0 Å². The first kappa shape index (κ1) is 73.9. The third-order valence-electron chi connectivity index (χ3n) is 26.8. The summed E-state index contributed by atoms with van der Waals surface area (Å²) in [6.07, 6.45) is 0. The molecule has 594 valence electrons. The molecule has 0 aromatic heterocycles. The molecule has 6 nitrogen and oxygen atoms in total.